The zero-order chi connectivity index (χ0) is 23.0. The van der Waals surface area contributed by atoms with Gasteiger partial charge in [-0.3, -0.25) is 4.79 Å². The van der Waals surface area contributed by atoms with Crippen molar-refractivity contribution in [2.24, 2.45) is 5.73 Å². The van der Waals surface area contributed by atoms with Crippen molar-refractivity contribution in [3.8, 4) is 0 Å². The summed E-state index contributed by atoms with van der Waals surface area (Å²) in [7, 11) is 0. The van der Waals surface area contributed by atoms with E-state index in [0.29, 0.717) is 52.1 Å². The quantitative estimate of drug-likeness (QED) is 0.151. The lowest BCUT2D eigenvalue weighted by molar-refractivity contribution is -0.120. The monoisotopic (exact) mass is 448 g/mol. The van der Waals surface area contributed by atoms with E-state index in [2.05, 4.69) is 15.6 Å². The van der Waals surface area contributed by atoms with Crippen molar-refractivity contribution in [1.82, 2.24) is 25.7 Å². The minimum atomic E-state index is 0.00762. The molecule has 0 radical (unpaired) electrons. The molecule has 32 heavy (non-hydrogen) atoms. The van der Waals surface area contributed by atoms with Crippen LogP contribution in [0.25, 0.3) is 10.9 Å². The highest BCUT2D eigenvalue weighted by Crippen LogP contribution is 2.17. The molecule has 0 saturated carbocycles. The first kappa shape index (κ1) is 26.2. The van der Waals surface area contributed by atoms with Gasteiger partial charge in [-0.25, -0.2) is 0 Å². The van der Waals surface area contributed by atoms with Gasteiger partial charge in [-0.1, -0.05) is 18.2 Å². The second kappa shape index (κ2) is 15.7. The Kier molecular flexibility index (Phi) is 12.9. The standard InChI is InChI=1S/C23H40N6O3/c24-10-5-11-25-12-6-15-29(32)17-7-16-28(31)14-4-3-13-26-23(30)18-20-19-27-22-9-2-1-8-21(20)22/h1-2,8-9,19,25,27,31-32H,3-7,10-18,24H2,(H,26,30). The predicted octanol–water partition coefficient (Wildman–Crippen LogP) is 1.71. The Bertz CT molecular complexity index is 769. The van der Waals surface area contributed by atoms with Gasteiger partial charge in [0.1, 0.15) is 0 Å². The van der Waals surface area contributed by atoms with Gasteiger partial charge in [-0.15, -0.1) is 0 Å². The van der Waals surface area contributed by atoms with Crippen LogP contribution >= 0.6 is 0 Å². The van der Waals surface area contributed by atoms with Crippen molar-refractivity contribution in [3.05, 3.63) is 36.0 Å². The molecule has 0 aliphatic rings. The van der Waals surface area contributed by atoms with Gasteiger partial charge < -0.3 is 31.8 Å². The van der Waals surface area contributed by atoms with Crippen LogP contribution < -0.4 is 16.4 Å². The van der Waals surface area contributed by atoms with Crippen LogP contribution in [0, 0.1) is 0 Å². The van der Waals surface area contributed by atoms with E-state index < -0.39 is 0 Å². The fourth-order valence-corrected chi connectivity index (χ4v) is 3.56. The van der Waals surface area contributed by atoms with Crippen molar-refractivity contribution in [2.75, 3.05) is 52.4 Å². The number of nitrogens with zero attached hydrogens (tertiary/aromatic N) is 2. The number of aromatic amines is 1. The molecule has 0 saturated heterocycles. The van der Waals surface area contributed by atoms with Gasteiger partial charge >= 0.3 is 0 Å². The molecule has 0 unspecified atom stereocenters. The number of hydrogen-bond acceptors (Lipinski definition) is 7. The molecule has 7 N–H and O–H groups in total. The summed E-state index contributed by atoms with van der Waals surface area (Å²) in [6.07, 6.45) is 6.37. The number of carbonyl (C=O) groups is 1. The molecule has 1 aromatic carbocycles. The number of hydroxylamine groups is 4. The molecule has 0 atom stereocenters. The molecule has 1 heterocycles. The Labute approximate surface area is 190 Å². The molecular weight excluding hydrogens is 408 g/mol. The van der Waals surface area contributed by atoms with Crippen LogP contribution in [0.5, 0.6) is 0 Å². The summed E-state index contributed by atoms with van der Waals surface area (Å²) in [6.45, 7) is 5.27. The van der Waals surface area contributed by atoms with Crippen molar-refractivity contribution in [3.63, 3.8) is 0 Å². The van der Waals surface area contributed by atoms with Crippen molar-refractivity contribution >= 4 is 16.8 Å². The van der Waals surface area contributed by atoms with Crippen molar-refractivity contribution in [2.45, 2.75) is 38.5 Å². The molecule has 1 amide bonds. The smallest absolute Gasteiger partial charge is 0.224 e. The lowest BCUT2D eigenvalue weighted by atomic mass is 10.1. The molecule has 0 aliphatic heterocycles. The summed E-state index contributed by atoms with van der Waals surface area (Å²) >= 11 is 0. The van der Waals surface area contributed by atoms with Crippen LogP contribution in [0.3, 0.4) is 0 Å². The Hall–Kier alpha value is -2.01. The number of aromatic nitrogens is 1. The summed E-state index contributed by atoms with van der Waals surface area (Å²) in [5.41, 5.74) is 7.48. The van der Waals surface area contributed by atoms with E-state index in [0.717, 1.165) is 55.2 Å². The number of para-hydroxylation sites is 1. The molecule has 2 rings (SSSR count). The maximum absolute atomic E-state index is 12.2. The van der Waals surface area contributed by atoms with Crippen LogP contribution in [-0.2, 0) is 11.2 Å². The van der Waals surface area contributed by atoms with Crippen molar-refractivity contribution < 1.29 is 15.2 Å². The molecule has 2 aromatic rings. The lowest BCUT2D eigenvalue weighted by Crippen LogP contribution is -2.30. The van der Waals surface area contributed by atoms with Gasteiger partial charge in [0.25, 0.3) is 0 Å². The average molecular weight is 449 g/mol. The summed E-state index contributed by atoms with van der Waals surface area (Å²) in [6, 6.07) is 7.96. The van der Waals surface area contributed by atoms with E-state index in [4.69, 9.17) is 5.73 Å². The minimum absolute atomic E-state index is 0.00762. The second-order valence-corrected chi connectivity index (χ2v) is 8.10. The Morgan fingerprint density at radius 3 is 2.38 bits per heavy atom. The Morgan fingerprint density at radius 2 is 1.59 bits per heavy atom. The molecule has 0 aliphatic carbocycles. The predicted molar refractivity (Wildman–Crippen MR) is 127 cm³/mol. The minimum Gasteiger partial charge on any atom is -0.361 e. The Morgan fingerprint density at radius 1 is 0.906 bits per heavy atom. The van der Waals surface area contributed by atoms with Gasteiger partial charge in [0.15, 0.2) is 0 Å². The molecule has 0 fully saturated rings. The number of benzene rings is 1. The fraction of sp³-hybridized carbons (Fsp3) is 0.609. The van der Waals surface area contributed by atoms with E-state index in [1.54, 1.807) is 0 Å². The molecule has 9 nitrogen and oxygen atoms in total. The first-order valence-electron chi connectivity index (χ1n) is 11.7. The highest BCUT2D eigenvalue weighted by molar-refractivity contribution is 5.88. The topological polar surface area (TPSA) is 130 Å². The summed E-state index contributed by atoms with van der Waals surface area (Å²) in [5, 5.41) is 29.7. The number of fused-ring (bicyclic) bond motifs is 1. The van der Waals surface area contributed by atoms with Crippen LogP contribution in [0.15, 0.2) is 30.5 Å². The van der Waals surface area contributed by atoms with Gasteiger partial charge in [-0.05, 0) is 63.4 Å². The fourth-order valence-electron chi connectivity index (χ4n) is 3.56. The van der Waals surface area contributed by atoms with Crippen LogP contribution in [0.4, 0.5) is 0 Å². The highest BCUT2D eigenvalue weighted by Gasteiger charge is 2.08. The number of rotatable bonds is 18. The van der Waals surface area contributed by atoms with E-state index in [1.807, 2.05) is 30.5 Å². The molecule has 9 heteroatoms. The van der Waals surface area contributed by atoms with Gasteiger partial charge in [-0.2, -0.15) is 10.1 Å². The third kappa shape index (κ3) is 10.5. The number of H-pyrrole nitrogens is 1. The third-order valence-corrected chi connectivity index (χ3v) is 5.35. The first-order valence-corrected chi connectivity index (χ1v) is 11.7. The second-order valence-electron chi connectivity index (χ2n) is 8.10. The number of unbranched alkanes of at least 4 members (excludes halogenated alkanes) is 1. The number of hydrogen-bond donors (Lipinski definition) is 6. The van der Waals surface area contributed by atoms with E-state index in [1.165, 1.54) is 10.1 Å². The molecular formula is C23H40N6O3. The summed E-state index contributed by atoms with van der Waals surface area (Å²) in [5.74, 6) is 0.00762. The zero-order valence-corrected chi connectivity index (χ0v) is 19.1. The van der Waals surface area contributed by atoms with Gasteiger partial charge in [0.2, 0.25) is 5.91 Å². The largest absolute Gasteiger partial charge is 0.361 e. The molecule has 1 aromatic heterocycles. The molecule has 180 valence electrons. The van der Waals surface area contributed by atoms with E-state index >= 15 is 0 Å². The number of nitrogens with two attached hydrogens (primary N) is 1. The summed E-state index contributed by atoms with van der Waals surface area (Å²) < 4.78 is 0. The maximum atomic E-state index is 12.2. The average Bonchev–Trinajstić information content (AvgIpc) is 3.18. The van der Waals surface area contributed by atoms with Crippen LogP contribution in [-0.4, -0.2) is 83.8 Å². The van der Waals surface area contributed by atoms with Gasteiger partial charge in [0, 0.05) is 49.8 Å². The zero-order valence-electron chi connectivity index (χ0n) is 19.1. The highest BCUT2D eigenvalue weighted by atomic mass is 16.5. The number of amides is 1. The number of carbonyl (C=O) groups excluding carboxylic acids is 1. The molecule has 0 bridgehead atoms. The molecule has 0 spiro atoms. The van der Waals surface area contributed by atoms with E-state index in [-0.39, 0.29) is 5.91 Å². The number of nitrogens with one attached hydrogen (secondary N) is 3. The Balaban J connectivity index is 1.44. The first-order chi connectivity index (χ1) is 15.6. The maximum Gasteiger partial charge on any atom is 0.224 e. The third-order valence-electron chi connectivity index (χ3n) is 5.35. The SMILES string of the molecule is NCCCNCCCN(O)CCCN(O)CCCCNC(=O)Cc1c[nH]c2ccccc12. The van der Waals surface area contributed by atoms with E-state index in [9.17, 15) is 15.2 Å². The van der Waals surface area contributed by atoms with Crippen LogP contribution in [0.1, 0.15) is 37.7 Å². The van der Waals surface area contributed by atoms with Crippen LogP contribution in [0.2, 0.25) is 0 Å². The summed E-state index contributed by atoms with van der Waals surface area (Å²) in [4.78, 5) is 15.4. The van der Waals surface area contributed by atoms with Crippen molar-refractivity contribution in [1.29, 1.82) is 0 Å². The lowest BCUT2D eigenvalue weighted by Gasteiger charge is -2.18. The normalized spacial score (nSPS) is 11.7. The van der Waals surface area contributed by atoms with Gasteiger partial charge in [0.05, 0.1) is 6.42 Å².